The van der Waals surface area contributed by atoms with Crippen LogP contribution in [-0.2, 0) is 29.8 Å². The summed E-state index contributed by atoms with van der Waals surface area (Å²) in [7, 11) is 1.35. The summed E-state index contributed by atoms with van der Waals surface area (Å²) < 4.78 is 135. The highest BCUT2D eigenvalue weighted by Crippen LogP contribution is 2.41. The molecule has 0 saturated carbocycles. The van der Waals surface area contributed by atoms with E-state index in [2.05, 4.69) is 10.0 Å². The Kier molecular flexibility index (Phi) is 11.5. The van der Waals surface area contributed by atoms with Crippen LogP contribution in [0.25, 0.3) is 21.6 Å². The molecule has 3 rings (SSSR count). The Morgan fingerprint density at radius 1 is 0.796 bits per heavy atom. The predicted molar refractivity (Wildman–Crippen MR) is 162 cm³/mol. The van der Waals surface area contributed by atoms with Gasteiger partial charge < -0.3 is 14.4 Å². The summed E-state index contributed by atoms with van der Waals surface area (Å²) in [5.74, 6) is 0.254. The van der Waals surface area contributed by atoms with Gasteiger partial charge in [-0.15, -0.1) is 0 Å². The molecule has 1 amide bonds. The van der Waals surface area contributed by atoms with Crippen LogP contribution in [-0.4, -0.2) is 30.2 Å². The van der Waals surface area contributed by atoms with Crippen LogP contribution in [0, 0.1) is 0 Å². The van der Waals surface area contributed by atoms with Crippen molar-refractivity contribution in [3.8, 4) is 16.9 Å². The third-order valence-corrected chi connectivity index (χ3v) is 7.20. The van der Waals surface area contributed by atoms with E-state index in [1.54, 1.807) is 18.2 Å². The lowest BCUT2D eigenvalue weighted by atomic mass is 9.92. The van der Waals surface area contributed by atoms with Crippen LogP contribution >= 0.6 is 0 Å². The number of carbonyl (C=O) groups excluding carboxylic acids is 1. The monoisotopic (exact) mass is 704 g/mol. The van der Waals surface area contributed by atoms with Gasteiger partial charge in [-0.25, -0.2) is 4.79 Å². The van der Waals surface area contributed by atoms with Crippen molar-refractivity contribution in [2.75, 3.05) is 13.7 Å². The summed E-state index contributed by atoms with van der Waals surface area (Å²) >= 11 is 0. The number of halogens is 9. The van der Waals surface area contributed by atoms with Crippen molar-refractivity contribution in [2.45, 2.75) is 77.3 Å². The van der Waals surface area contributed by atoms with Gasteiger partial charge >= 0.3 is 24.6 Å². The van der Waals surface area contributed by atoms with Crippen molar-refractivity contribution in [2.24, 2.45) is 5.11 Å². The zero-order valence-electron chi connectivity index (χ0n) is 27.2. The average molecular weight is 705 g/mol. The molecule has 0 aliphatic rings. The molecule has 1 unspecified atom stereocenters. The highest BCUT2D eigenvalue weighted by molar-refractivity contribution is 5.76. The first-order chi connectivity index (χ1) is 22.4. The molecule has 1 atom stereocenters. The molecule has 0 aliphatic heterocycles. The molecule has 0 spiro atoms. The molecule has 49 heavy (non-hydrogen) atoms. The Hall–Kier alpha value is -4.59. The minimum atomic E-state index is -5.24. The van der Waals surface area contributed by atoms with Gasteiger partial charge in [-0.05, 0) is 96.9 Å². The summed E-state index contributed by atoms with van der Waals surface area (Å²) in [6.07, 6.45) is -16.5. The lowest BCUT2D eigenvalue weighted by molar-refractivity contribution is -0.143. The van der Waals surface area contributed by atoms with Gasteiger partial charge in [-0.2, -0.15) is 39.5 Å². The summed E-state index contributed by atoms with van der Waals surface area (Å²) in [5.41, 5.74) is 4.02. The molecule has 0 heterocycles. The minimum Gasteiger partial charge on any atom is -0.496 e. The molecule has 7 nitrogen and oxygen atoms in total. The van der Waals surface area contributed by atoms with Crippen molar-refractivity contribution in [1.29, 1.82) is 0 Å². The topological polar surface area (TPSA) is 87.5 Å². The van der Waals surface area contributed by atoms with E-state index in [4.69, 9.17) is 9.47 Å². The average Bonchev–Trinajstić information content (AvgIpc) is 2.97. The Labute approximate surface area is 276 Å². The first-order valence-corrected chi connectivity index (χ1v) is 14.6. The van der Waals surface area contributed by atoms with Gasteiger partial charge in [-0.3, -0.25) is 0 Å². The zero-order valence-corrected chi connectivity index (χ0v) is 27.2. The van der Waals surface area contributed by atoms with E-state index in [0.29, 0.717) is 17.7 Å². The zero-order chi connectivity index (χ0) is 37.1. The minimum absolute atomic E-state index is 0.0144. The number of hydrogen-bond donors (Lipinski definition) is 0. The largest absolute Gasteiger partial charge is 0.496 e. The molecule has 266 valence electrons. The van der Waals surface area contributed by atoms with Crippen molar-refractivity contribution < 1.29 is 53.8 Å². The molecule has 0 bridgehead atoms. The van der Waals surface area contributed by atoms with E-state index in [0.717, 1.165) is 22.6 Å². The molecule has 0 N–H and O–H groups in total. The molecule has 3 aromatic carbocycles. The smallest absolute Gasteiger partial charge is 0.416 e. The van der Waals surface area contributed by atoms with Gasteiger partial charge in [0.2, 0.25) is 0 Å². The van der Waals surface area contributed by atoms with Crippen molar-refractivity contribution in [1.82, 2.24) is 4.90 Å². The lowest BCUT2D eigenvalue weighted by Gasteiger charge is -2.30. The number of azide groups is 1. The fraction of sp³-hybridized carbons (Fsp3) is 0.424. The summed E-state index contributed by atoms with van der Waals surface area (Å²) in [4.78, 5) is 16.9. The number of benzene rings is 3. The molecule has 0 radical (unpaired) electrons. The fourth-order valence-corrected chi connectivity index (χ4v) is 4.85. The second-order valence-corrected chi connectivity index (χ2v) is 12.4. The second kappa shape index (κ2) is 14.5. The number of methoxy groups -OCH3 is 1. The maximum atomic E-state index is 14.0. The van der Waals surface area contributed by atoms with Gasteiger partial charge in [0.25, 0.3) is 0 Å². The summed E-state index contributed by atoms with van der Waals surface area (Å²) in [6.45, 7) is 6.59. The lowest BCUT2D eigenvalue weighted by Crippen LogP contribution is -2.38. The Morgan fingerprint density at radius 2 is 1.37 bits per heavy atom. The number of hydrogen-bond acceptors (Lipinski definition) is 4. The van der Waals surface area contributed by atoms with E-state index in [-0.39, 0.29) is 28.9 Å². The van der Waals surface area contributed by atoms with Gasteiger partial charge in [0, 0.05) is 23.6 Å². The van der Waals surface area contributed by atoms with Gasteiger partial charge in [0.1, 0.15) is 11.4 Å². The number of alkyl halides is 9. The van der Waals surface area contributed by atoms with Gasteiger partial charge in [0.15, 0.2) is 0 Å². The van der Waals surface area contributed by atoms with E-state index in [1.165, 1.54) is 33.9 Å². The summed E-state index contributed by atoms with van der Waals surface area (Å²) in [6, 6.07) is 6.53. The van der Waals surface area contributed by atoms with Gasteiger partial charge in [0.05, 0.1) is 29.8 Å². The Bertz CT molecular complexity index is 1670. The molecule has 0 fully saturated rings. The molecule has 0 aliphatic carbocycles. The molecular weight excluding hydrogens is 671 g/mol. The van der Waals surface area contributed by atoms with Crippen LogP contribution in [0.15, 0.2) is 59.7 Å². The predicted octanol–water partition coefficient (Wildman–Crippen LogP) is 11.3. The maximum absolute atomic E-state index is 14.0. The molecule has 0 aromatic heterocycles. The van der Waals surface area contributed by atoms with Crippen LogP contribution in [0.3, 0.4) is 0 Å². The number of nitrogens with zero attached hydrogens (tertiary/aromatic N) is 4. The second-order valence-electron chi connectivity index (χ2n) is 12.4. The number of ether oxygens (including phenoxy) is 2. The van der Waals surface area contributed by atoms with Crippen LogP contribution < -0.4 is 4.74 Å². The quantitative estimate of drug-likeness (QED) is 0.0961. The third kappa shape index (κ3) is 10.2. The van der Waals surface area contributed by atoms with Crippen LogP contribution in [0.1, 0.15) is 80.0 Å². The van der Waals surface area contributed by atoms with Crippen LogP contribution in [0.5, 0.6) is 5.75 Å². The van der Waals surface area contributed by atoms with Crippen molar-refractivity contribution in [3.63, 3.8) is 0 Å². The summed E-state index contributed by atoms with van der Waals surface area (Å²) in [5, 5.41) is 3.39. The Morgan fingerprint density at radius 3 is 1.84 bits per heavy atom. The Balaban J connectivity index is 2.28. The normalized spacial score (nSPS) is 13.1. The van der Waals surface area contributed by atoms with Crippen molar-refractivity contribution >= 4 is 6.09 Å². The van der Waals surface area contributed by atoms with E-state index >= 15 is 0 Å². The highest BCUT2D eigenvalue weighted by Gasteiger charge is 2.38. The van der Waals surface area contributed by atoms with E-state index < -0.39 is 71.6 Å². The number of amides is 1. The molecule has 3 aromatic rings. The molecular formula is C33H33F9N4O3. The van der Waals surface area contributed by atoms with Crippen molar-refractivity contribution in [3.05, 3.63) is 98.4 Å². The highest BCUT2D eigenvalue weighted by atomic mass is 19.4. The standard InChI is InChI=1S/C33H33F9N4O3/c1-18(2)19-7-10-28(48-6)26(14-19)25-9-8-22(31(34,35)36)13-21(25)16-46(29(47)49-30(3,4)5)17-27(44-45-43)20-11-23(32(37,38)39)15-24(12-20)33(40,41)42/h7-15,18,27H,16-17H2,1-6H3. The van der Waals surface area contributed by atoms with E-state index in [9.17, 15) is 49.8 Å². The van der Waals surface area contributed by atoms with Crippen LogP contribution in [0.4, 0.5) is 44.3 Å². The number of carbonyl (C=O) groups is 1. The van der Waals surface area contributed by atoms with E-state index in [1.807, 2.05) is 13.8 Å². The SMILES string of the molecule is COc1ccc(C(C)C)cc1-c1ccc(C(F)(F)F)cc1CN(CC(N=[N+]=[N-])c1cc(C(F)(F)F)cc(C(F)(F)F)c1)C(=O)OC(C)(C)C. The maximum Gasteiger partial charge on any atom is 0.416 e. The van der Waals surface area contributed by atoms with Gasteiger partial charge in [-0.1, -0.05) is 31.1 Å². The first-order valence-electron chi connectivity index (χ1n) is 14.6. The third-order valence-electron chi connectivity index (χ3n) is 7.20. The number of rotatable bonds is 9. The first kappa shape index (κ1) is 38.9. The van der Waals surface area contributed by atoms with Crippen LogP contribution in [0.2, 0.25) is 0 Å². The molecule has 16 heteroatoms. The molecule has 0 saturated heterocycles. The fourth-order valence-electron chi connectivity index (χ4n) is 4.85.